The number of hydrazone groups is 1. The number of rotatable bonds is 5. The number of nitrogens with zero attached hydrogens (tertiary/aromatic N) is 3. The molecule has 25 heavy (non-hydrogen) atoms. The van der Waals surface area contributed by atoms with E-state index in [-0.39, 0.29) is 18.1 Å². The highest BCUT2D eigenvalue weighted by molar-refractivity contribution is 5.86. The van der Waals surface area contributed by atoms with Gasteiger partial charge in [0.2, 0.25) is 5.91 Å². The molecule has 3 rings (SSSR count). The molecule has 2 N–H and O–H groups in total. The number of methoxy groups -OCH3 is 1. The van der Waals surface area contributed by atoms with Crippen molar-refractivity contribution in [3.8, 4) is 11.5 Å². The first kappa shape index (κ1) is 16.5. The molecule has 0 bridgehead atoms. The monoisotopic (exact) mass is 338 g/mol. The van der Waals surface area contributed by atoms with Crippen molar-refractivity contribution < 1.29 is 14.6 Å². The molecule has 1 heterocycles. The van der Waals surface area contributed by atoms with Crippen LogP contribution in [0.25, 0.3) is 11.0 Å². The van der Waals surface area contributed by atoms with Crippen LogP contribution >= 0.6 is 0 Å². The number of aryl methyl sites for hydroxylation is 1. The summed E-state index contributed by atoms with van der Waals surface area (Å²) in [4.78, 5) is 16.5. The molecule has 3 aromatic rings. The van der Waals surface area contributed by atoms with Crippen LogP contribution in [0.4, 0.5) is 0 Å². The summed E-state index contributed by atoms with van der Waals surface area (Å²) in [6, 6.07) is 12.7. The molecule has 7 nitrogen and oxygen atoms in total. The van der Waals surface area contributed by atoms with Gasteiger partial charge in [0.1, 0.15) is 5.82 Å². The fraction of sp³-hybridized carbons (Fsp3) is 0.167. The van der Waals surface area contributed by atoms with Crippen LogP contribution in [0.15, 0.2) is 47.6 Å². The number of nitrogens with one attached hydrogen (secondary N) is 1. The maximum atomic E-state index is 12.1. The van der Waals surface area contributed by atoms with E-state index in [1.165, 1.54) is 13.3 Å². The van der Waals surface area contributed by atoms with Gasteiger partial charge < -0.3 is 14.4 Å². The van der Waals surface area contributed by atoms with Crippen molar-refractivity contribution in [3.63, 3.8) is 0 Å². The van der Waals surface area contributed by atoms with Gasteiger partial charge in [-0.15, -0.1) is 0 Å². The molecule has 0 aliphatic rings. The summed E-state index contributed by atoms with van der Waals surface area (Å²) in [6.45, 7) is 0. The molecule has 0 fully saturated rings. The molecule has 0 atom stereocenters. The third-order valence-corrected chi connectivity index (χ3v) is 3.84. The zero-order valence-corrected chi connectivity index (χ0v) is 13.9. The number of amides is 1. The lowest BCUT2D eigenvalue weighted by Gasteiger charge is -2.05. The number of hydrogen-bond acceptors (Lipinski definition) is 5. The van der Waals surface area contributed by atoms with Crippen molar-refractivity contribution >= 4 is 23.2 Å². The van der Waals surface area contributed by atoms with Crippen LogP contribution < -0.4 is 10.2 Å². The number of aromatic nitrogens is 2. The smallest absolute Gasteiger partial charge is 0.247 e. The molecule has 128 valence electrons. The van der Waals surface area contributed by atoms with Crippen molar-refractivity contribution in [1.29, 1.82) is 0 Å². The van der Waals surface area contributed by atoms with Gasteiger partial charge in [-0.1, -0.05) is 18.2 Å². The van der Waals surface area contributed by atoms with E-state index < -0.39 is 0 Å². The first-order valence-electron chi connectivity index (χ1n) is 7.68. The summed E-state index contributed by atoms with van der Waals surface area (Å²) in [6.07, 6.45) is 1.47. The SMILES string of the molecule is COc1cccc(/C=N/NC(=O)Cc2nc3ccccc3n2C)c1O. The van der Waals surface area contributed by atoms with E-state index in [2.05, 4.69) is 15.5 Å². The lowest BCUT2D eigenvalue weighted by Crippen LogP contribution is -2.21. The maximum absolute atomic E-state index is 12.1. The van der Waals surface area contributed by atoms with Crippen molar-refractivity contribution in [2.45, 2.75) is 6.42 Å². The normalized spacial score (nSPS) is 11.1. The number of benzene rings is 2. The van der Waals surface area contributed by atoms with Crippen LogP contribution in [0.5, 0.6) is 11.5 Å². The molecule has 1 amide bonds. The third-order valence-electron chi connectivity index (χ3n) is 3.84. The topological polar surface area (TPSA) is 88.7 Å². The third kappa shape index (κ3) is 3.45. The Labute approximate surface area is 144 Å². The van der Waals surface area contributed by atoms with Crippen LogP contribution in [0.2, 0.25) is 0 Å². The fourth-order valence-electron chi connectivity index (χ4n) is 2.52. The van der Waals surface area contributed by atoms with Gasteiger partial charge in [-0.25, -0.2) is 10.4 Å². The summed E-state index contributed by atoms with van der Waals surface area (Å²) in [5.74, 6) is 0.670. The first-order chi connectivity index (χ1) is 12.1. The minimum Gasteiger partial charge on any atom is -0.504 e. The van der Waals surface area contributed by atoms with E-state index in [9.17, 15) is 9.90 Å². The number of hydrogen-bond donors (Lipinski definition) is 2. The second kappa shape index (κ2) is 7.04. The molecule has 0 saturated carbocycles. The van der Waals surface area contributed by atoms with Gasteiger partial charge >= 0.3 is 0 Å². The number of phenols is 1. The predicted molar refractivity (Wildman–Crippen MR) is 94.8 cm³/mol. The Kier molecular flexibility index (Phi) is 4.65. The van der Waals surface area contributed by atoms with E-state index in [0.717, 1.165) is 11.0 Å². The fourth-order valence-corrected chi connectivity index (χ4v) is 2.52. The molecule has 0 saturated heterocycles. The molecule has 0 spiro atoms. The van der Waals surface area contributed by atoms with E-state index in [1.807, 2.05) is 35.9 Å². The van der Waals surface area contributed by atoms with E-state index >= 15 is 0 Å². The van der Waals surface area contributed by atoms with Gasteiger partial charge in [0, 0.05) is 12.6 Å². The molecular weight excluding hydrogens is 320 g/mol. The Morgan fingerprint density at radius 2 is 2.12 bits per heavy atom. The second-order valence-corrected chi connectivity index (χ2v) is 5.44. The zero-order chi connectivity index (χ0) is 17.8. The number of imidazole rings is 1. The minimum atomic E-state index is -0.294. The van der Waals surface area contributed by atoms with Crippen molar-refractivity contribution in [2.75, 3.05) is 7.11 Å². The molecule has 0 aliphatic heterocycles. The lowest BCUT2D eigenvalue weighted by atomic mass is 10.2. The van der Waals surface area contributed by atoms with E-state index in [4.69, 9.17) is 4.74 Å². The Bertz CT molecular complexity index is 947. The molecule has 7 heteroatoms. The summed E-state index contributed by atoms with van der Waals surface area (Å²) >= 11 is 0. The molecule has 2 aromatic carbocycles. The van der Waals surface area contributed by atoms with Crippen LogP contribution in [-0.4, -0.2) is 33.9 Å². The number of fused-ring (bicyclic) bond motifs is 1. The van der Waals surface area contributed by atoms with E-state index in [1.54, 1.807) is 18.2 Å². The van der Waals surface area contributed by atoms with Crippen molar-refractivity contribution in [3.05, 3.63) is 53.9 Å². The van der Waals surface area contributed by atoms with Gasteiger partial charge in [0.05, 0.1) is 30.8 Å². The van der Waals surface area contributed by atoms with Crippen LogP contribution in [0, 0.1) is 0 Å². The standard InChI is InChI=1S/C18H18N4O3/c1-22-14-8-4-3-7-13(14)20-16(22)10-17(23)21-19-11-12-6-5-9-15(25-2)18(12)24/h3-9,11,24H,10H2,1-2H3,(H,21,23)/b19-11+. The summed E-state index contributed by atoms with van der Waals surface area (Å²) in [5.41, 5.74) is 4.70. The van der Waals surface area contributed by atoms with Gasteiger partial charge in [-0.05, 0) is 24.3 Å². The average molecular weight is 338 g/mol. The highest BCUT2D eigenvalue weighted by Gasteiger charge is 2.11. The number of phenolic OH excluding ortho intramolecular Hbond substituents is 1. The Morgan fingerprint density at radius 3 is 2.88 bits per heavy atom. The first-order valence-corrected chi connectivity index (χ1v) is 7.68. The summed E-state index contributed by atoms with van der Waals surface area (Å²) < 4.78 is 6.91. The number of carbonyl (C=O) groups excluding carboxylic acids is 1. The summed E-state index contributed by atoms with van der Waals surface area (Å²) in [7, 11) is 3.34. The summed E-state index contributed by atoms with van der Waals surface area (Å²) in [5, 5.41) is 13.8. The largest absolute Gasteiger partial charge is 0.504 e. The highest BCUT2D eigenvalue weighted by atomic mass is 16.5. The molecule has 0 unspecified atom stereocenters. The second-order valence-electron chi connectivity index (χ2n) is 5.44. The zero-order valence-electron chi connectivity index (χ0n) is 13.9. The van der Waals surface area contributed by atoms with Crippen LogP contribution in [0.3, 0.4) is 0 Å². The van der Waals surface area contributed by atoms with Crippen molar-refractivity contribution in [1.82, 2.24) is 15.0 Å². The van der Waals surface area contributed by atoms with Crippen LogP contribution in [0.1, 0.15) is 11.4 Å². The Morgan fingerprint density at radius 1 is 1.32 bits per heavy atom. The Hall–Kier alpha value is -3.35. The number of carbonyl (C=O) groups is 1. The maximum Gasteiger partial charge on any atom is 0.247 e. The predicted octanol–water partition coefficient (Wildman–Crippen LogP) is 1.98. The van der Waals surface area contributed by atoms with Crippen LogP contribution in [-0.2, 0) is 18.3 Å². The highest BCUT2D eigenvalue weighted by Crippen LogP contribution is 2.27. The van der Waals surface area contributed by atoms with Gasteiger partial charge in [0.25, 0.3) is 0 Å². The quantitative estimate of drug-likeness (QED) is 0.550. The molecule has 1 aromatic heterocycles. The number of ether oxygens (including phenoxy) is 1. The number of para-hydroxylation sites is 3. The van der Waals surface area contributed by atoms with Crippen molar-refractivity contribution in [2.24, 2.45) is 12.1 Å². The van der Waals surface area contributed by atoms with E-state index in [0.29, 0.717) is 17.1 Å². The average Bonchev–Trinajstić information content (AvgIpc) is 2.92. The lowest BCUT2D eigenvalue weighted by molar-refractivity contribution is -0.120. The van der Waals surface area contributed by atoms with Gasteiger partial charge in [-0.3, -0.25) is 4.79 Å². The molecule has 0 aliphatic carbocycles. The Balaban J connectivity index is 1.67. The number of aromatic hydroxyl groups is 1. The minimum absolute atomic E-state index is 0.0293. The molecular formula is C18H18N4O3. The van der Waals surface area contributed by atoms with Gasteiger partial charge in [-0.2, -0.15) is 5.10 Å². The molecule has 0 radical (unpaired) electrons. The van der Waals surface area contributed by atoms with Gasteiger partial charge in [0.15, 0.2) is 11.5 Å².